The summed E-state index contributed by atoms with van der Waals surface area (Å²) in [6.07, 6.45) is 8.03. The summed E-state index contributed by atoms with van der Waals surface area (Å²) in [5.41, 5.74) is 6.46. The van der Waals surface area contributed by atoms with Gasteiger partial charge in [-0.25, -0.2) is 0 Å². The first kappa shape index (κ1) is 15.3. The average molecular weight is 267 g/mol. The van der Waals surface area contributed by atoms with Crippen molar-refractivity contribution < 1.29 is 0 Å². The van der Waals surface area contributed by atoms with Crippen molar-refractivity contribution >= 4 is 0 Å². The average Bonchev–Trinajstić information content (AvgIpc) is 2.87. The van der Waals surface area contributed by atoms with E-state index in [1.807, 2.05) is 0 Å². The molecule has 3 nitrogen and oxygen atoms in total. The van der Waals surface area contributed by atoms with Crippen LogP contribution in [0.1, 0.15) is 52.4 Å². The van der Waals surface area contributed by atoms with Crippen molar-refractivity contribution in [2.24, 2.45) is 11.7 Å². The third-order valence-electron chi connectivity index (χ3n) is 5.78. The van der Waals surface area contributed by atoms with Gasteiger partial charge in [0.1, 0.15) is 0 Å². The number of likely N-dealkylation sites (N-methyl/N-ethyl adjacent to an activating group) is 2. The van der Waals surface area contributed by atoms with Crippen LogP contribution in [-0.2, 0) is 0 Å². The number of hydrogen-bond acceptors (Lipinski definition) is 3. The first-order chi connectivity index (χ1) is 9.11. The third-order valence-corrected chi connectivity index (χ3v) is 5.78. The highest BCUT2D eigenvalue weighted by Crippen LogP contribution is 2.35. The molecule has 0 amide bonds. The van der Waals surface area contributed by atoms with Crippen LogP contribution >= 0.6 is 0 Å². The van der Waals surface area contributed by atoms with Crippen molar-refractivity contribution in [3.8, 4) is 0 Å². The van der Waals surface area contributed by atoms with Crippen LogP contribution in [0.3, 0.4) is 0 Å². The van der Waals surface area contributed by atoms with E-state index in [9.17, 15) is 0 Å². The summed E-state index contributed by atoms with van der Waals surface area (Å²) in [6.45, 7) is 9.21. The summed E-state index contributed by atoms with van der Waals surface area (Å²) in [7, 11) is 2.31. The van der Waals surface area contributed by atoms with Crippen molar-refractivity contribution in [1.82, 2.24) is 9.80 Å². The van der Waals surface area contributed by atoms with Crippen molar-refractivity contribution in [2.45, 2.75) is 64.0 Å². The van der Waals surface area contributed by atoms with Gasteiger partial charge in [-0.1, -0.05) is 13.8 Å². The van der Waals surface area contributed by atoms with E-state index in [0.29, 0.717) is 0 Å². The Labute approximate surface area is 119 Å². The number of nitrogens with two attached hydrogens (primary N) is 1. The molecule has 0 bridgehead atoms. The number of nitrogens with zero attached hydrogens (tertiary/aromatic N) is 2. The lowest BCUT2D eigenvalue weighted by Gasteiger charge is -2.47. The minimum absolute atomic E-state index is 0.286. The van der Waals surface area contributed by atoms with Gasteiger partial charge in [0.05, 0.1) is 0 Å². The normalized spacial score (nSPS) is 37.1. The molecule has 0 radical (unpaired) electrons. The maximum absolute atomic E-state index is 6.17. The maximum atomic E-state index is 6.17. The highest BCUT2D eigenvalue weighted by Gasteiger charge is 2.38. The van der Waals surface area contributed by atoms with Crippen molar-refractivity contribution in [3.63, 3.8) is 0 Å². The van der Waals surface area contributed by atoms with E-state index in [0.717, 1.165) is 18.5 Å². The molecule has 2 fully saturated rings. The highest BCUT2D eigenvalue weighted by molar-refractivity contribution is 4.96. The fourth-order valence-electron chi connectivity index (χ4n) is 4.07. The van der Waals surface area contributed by atoms with Gasteiger partial charge in [0.2, 0.25) is 0 Å². The van der Waals surface area contributed by atoms with E-state index >= 15 is 0 Å². The van der Waals surface area contributed by atoms with Gasteiger partial charge in [-0.2, -0.15) is 0 Å². The van der Waals surface area contributed by atoms with Gasteiger partial charge in [-0.05, 0) is 64.6 Å². The molecule has 1 unspecified atom stereocenters. The molecule has 0 aromatic rings. The van der Waals surface area contributed by atoms with Gasteiger partial charge in [-0.15, -0.1) is 0 Å². The molecule has 0 aromatic heterocycles. The lowest BCUT2D eigenvalue weighted by Crippen LogP contribution is -2.56. The van der Waals surface area contributed by atoms with E-state index in [1.165, 1.54) is 58.2 Å². The predicted molar refractivity (Wildman–Crippen MR) is 82.3 cm³/mol. The molecular weight excluding hydrogens is 234 g/mol. The summed E-state index contributed by atoms with van der Waals surface area (Å²) in [5.74, 6) is 0.895. The SMILES string of the molecule is CCN1CCCC1CN(C)C1(CN)CCC(C)CC1. The fraction of sp³-hybridized carbons (Fsp3) is 1.00. The quantitative estimate of drug-likeness (QED) is 0.829. The molecule has 1 atom stereocenters. The van der Waals surface area contributed by atoms with E-state index in [4.69, 9.17) is 5.73 Å². The summed E-state index contributed by atoms with van der Waals surface area (Å²) < 4.78 is 0. The Morgan fingerprint density at radius 1 is 1.26 bits per heavy atom. The molecule has 0 aromatic carbocycles. The fourth-order valence-corrected chi connectivity index (χ4v) is 4.07. The second kappa shape index (κ2) is 6.55. The molecule has 2 rings (SSSR count). The first-order valence-electron chi connectivity index (χ1n) is 8.26. The van der Waals surface area contributed by atoms with Crippen LogP contribution in [0.25, 0.3) is 0 Å². The predicted octanol–water partition coefficient (Wildman–Crippen LogP) is 2.31. The summed E-state index contributed by atoms with van der Waals surface area (Å²) in [5, 5.41) is 0. The Morgan fingerprint density at radius 2 is 1.95 bits per heavy atom. The van der Waals surface area contributed by atoms with Crippen molar-refractivity contribution in [3.05, 3.63) is 0 Å². The van der Waals surface area contributed by atoms with Crippen LogP contribution < -0.4 is 5.73 Å². The molecule has 1 saturated carbocycles. The minimum Gasteiger partial charge on any atom is -0.329 e. The zero-order valence-electron chi connectivity index (χ0n) is 13.2. The monoisotopic (exact) mass is 267 g/mol. The molecular formula is C16H33N3. The largest absolute Gasteiger partial charge is 0.329 e. The van der Waals surface area contributed by atoms with E-state index in [1.54, 1.807) is 0 Å². The van der Waals surface area contributed by atoms with Crippen molar-refractivity contribution in [2.75, 3.05) is 33.2 Å². The van der Waals surface area contributed by atoms with Crippen molar-refractivity contribution in [1.29, 1.82) is 0 Å². The molecule has 3 heteroatoms. The van der Waals surface area contributed by atoms with E-state index < -0.39 is 0 Å². The lowest BCUT2D eigenvalue weighted by atomic mass is 9.76. The van der Waals surface area contributed by atoms with Gasteiger partial charge >= 0.3 is 0 Å². The molecule has 1 aliphatic carbocycles. The summed E-state index contributed by atoms with van der Waals surface area (Å²) in [6, 6.07) is 0.762. The zero-order valence-corrected chi connectivity index (χ0v) is 13.2. The van der Waals surface area contributed by atoms with Crippen LogP contribution in [-0.4, -0.2) is 54.6 Å². The van der Waals surface area contributed by atoms with Crippen LogP contribution in [0.4, 0.5) is 0 Å². The molecule has 2 aliphatic rings. The second-order valence-corrected chi connectivity index (χ2v) is 6.92. The van der Waals surface area contributed by atoms with Crippen LogP contribution in [0.5, 0.6) is 0 Å². The van der Waals surface area contributed by atoms with Crippen LogP contribution in [0.15, 0.2) is 0 Å². The van der Waals surface area contributed by atoms with Gasteiger partial charge in [0.15, 0.2) is 0 Å². The van der Waals surface area contributed by atoms with Gasteiger partial charge < -0.3 is 5.73 Å². The molecule has 1 saturated heterocycles. The number of hydrogen-bond donors (Lipinski definition) is 1. The van der Waals surface area contributed by atoms with E-state index in [-0.39, 0.29) is 5.54 Å². The molecule has 2 N–H and O–H groups in total. The van der Waals surface area contributed by atoms with E-state index in [2.05, 4.69) is 30.7 Å². The second-order valence-electron chi connectivity index (χ2n) is 6.92. The van der Waals surface area contributed by atoms with Gasteiger partial charge in [0.25, 0.3) is 0 Å². The standard InChI is InChI=1S/C16H33N3/c1-4-19-11-5-6-15(19)12-18(3)16(13-17)9-7-14(2)8-10-16/h14-15H,4-13,17H2,1-3H3. The van der Waals surface area contributed by atoms with Gasteiger partial charge in [-0.3, -0.25) is 9.80 Å². The Hall–Kier alpha value is -0.120. The highest BCUT2D eigenvalue weighted by atomic mass is 15.3. The third kappa shape index (κ3) is 3.32. The smallest absolute Gasteiger partial charge is 0.0329 e. The van der Waals surface area contributed by atoms with Crippen LogP contribution in [0.2, 0.25) is 0 Å². The Bertz CT molecular complexity index is 271. The topological polar surface area (TPSA) is 32.5 Å². The summed E-state index contributed by atoms with van der Waals surface area (Å²) >= 11 is 0. The molecule has 0 spiro atoms. The van der Waals surface area contributed by atoms with Crippen LogP contribution in [0, 0.1) is 5.92 Å². The minimum atomic E-state index is 0.286. The first-order valence-corrected chi connectivity index (χ1v) is 8.26. The Balaban J connectivity index is 1.95. The Kier molecular flexibility index (Phi) is 5.27. The van der Waals surface area contributed by atoms with Gasteiger partial charge in [0, 0.05) is 24.7 Å². The lowest BCUT2D eigenvalue weighted by molar-refractivity contribution is 0.0474. The Morgan fingerprint density at radius 3 is 2.53 bits per heavy atom. The maximum Gasteiger partial charge on any atom is 0.0329 e. The zero-order chi connectivity index (χ0) is 13.9. The molecule has 19 heavy (non-hydrogen) atoms. The molecule has 1 aliphatic heterocycles. The molecule has 112 valence electrons. The summed E-state index contributed by atoms with van der Waals surface area (Å²) in [4.78, 5) is 5.25. The molecule has 1 heterocycles. The number of likely N-dealkylation sites (tertiary alicyclic amines) is 1. The number of rotatable bonds is 5.